The summed E-state index contributed by atoms with van der Waals surface area (Å²) in [6.45, 7) is 0. The maximum absolute atomic E-state index is 2.39. The predicted octanol–water partition coefficient (Wildman–Crippen LogP) is 6.17. The lowest BCUT2D eigenvalue weighted by Gasteiger charge is -2.10. The Bertz CT molecular complexity index is 929. The minimum atomic E-state index is 0.360. The number of allylic oxidation sites excluding steroid dienone is 3. The van der Waals surface area contributed by atoms with E-state index in [2.05, 4.69) is 97.1 Å². The second kappa shape index (κ2) is 5.35. The molecule has 3 aromatic rings. The van der Waals surface area contributed by atoms with Crippen molar-refractivity contribution in [3.05, 3.63) is 113 Å². The summed E-state index contributed by atoms with van der Waals surface area (Å²) in [5.41, 5.74) is 8.36. The van der Waals surface area contributed by atoms with Gasteiger partial charge in [-0.15, -0.1) is 0 Å². The zero-order valence-electron chi connectivity index (χ0n) is 13.4. The van der Waals surface area contributed by atoms with Crippen LogP contribution in [0.1, 0.15) is 34.1 Å². The zero-order valence-corrected chi connectivity index (χ0v) is 13.4. The Hall–Kier alpha value is -2.86. The van der Waals surface area contributed by atoms with Crippen molar-refractivity contribution < 1.29 is 0 Å². The summed E-state index contributed by atoms with van der Waals surface area (Å²) in [5, 5.41) is 0. The van der Waals surface area contributed by atoms with E-state index in [0.717, 1.165) is 0 Å². The molecule has 0 aliphatic heterocycles. The topological polar surface area (TPSA) is 0 Å². The van der Waals surface area contributed by atoms with Crippen LogP contribution in [-0.2, 0) is 0 Å². The fourth-order valence-corrected chi connectivity index (χ4v) is 4.08. The van der Waals surface area contributed by atoms with Crippen molar-refractivity contribution in [2.24, 2.45) is 0 Å². The Labute approximate surface area is 142 Å². The van der Waals surface area contributed by atoms with Gasteiger partial charge in [-0.2, -0.15) is 0 Å². The van der Waals surface area contributed by atoms with Gasteiger partial charge in [-0.1, -0.05) is 97.1 Å². The van der Waals surface area contributed by atoms with Crippen LogP contribution in [0.25, 0.3) is 17.2 Å². The first-order valence-corrected chi connectivity index (χ1v) is 8.55. The monoisotopic (exact) mass is 306 g/mol. The molecule has 114 valence electrons. The highest BCUT2D eigenvalue weighted by atomic mass is 14.3. The highest BCUT2D eigenvalue weighted by Gasteiger charge is 2.26. The molecule has 0 amide bonds. The quantitative estimate of drug-likeness (QED) is 0.497. The van der Waals surface area contributed by atoms with E-state index in [1.165, 1.54) is 33.4 Å². The molecule has 0 spiro atoms. The lowest BCUT2D eigenvalue weighted by molar-refractivity contribution is 1.03. The number of rotatable bonds is 2. The number of benzene rings is 3. The van der Waals surface area contributed by atoms with Crippen LogP contribution < -0.4 is 0 Å². The van der Waals surface area contributed by atoms with E-state index in [0.29, 0.717) is 11.8 Å². The van der Waals surface area contributed by atoms with Gasteiger partial charge in [-0.05, 0) is 33.4 Å². The molecule has 0 saturated carbocycles. The van der Waals surface area contributed by atoms with Gasteiger partial charge in [0, 0.05) is 11.8 Å². The highest BCUT2D eigenvalue weighted by molar-refractivity contribution is 5.79. The van der Waals surface area contributed by atoms with Crippen LogP contribution in [-0.4, -0.2) is 0 Å². The van der Waals surface area contributed by atoms with E-state index < -0.39 is 0 Å². The summed E-state index contributed by atoms with van der Waals surface area (Å²) in [6.07, 6.45) is 9.29. The fraction of sp³-hybridized carbons (Fsp3) is 0.0833. The maximum atomic E-state index is 2.39. The van der Waals surface area contributed by atoms with Crippen molar-refractivity contribution in [3.63, 3.8) is 0 Å². The average molecular weight is 306 g/mol. The molecule has 1 atom stereocenters. The SMILES string of the molecule is C1=CC(C=CC2c3ccccc3-c3ccccc32)c2ccccc21. The third kappa shape index (κ3) is 2.00. The summed E-state index contributed by atoms with van der Waals surface area (Å²) >= 11 is 0. The molecular formula is C24H18. The van der Waals surface area contributed by atoms with Crippen molar-refractivity contribution in [1.82, 2.24) is 0 Å². The van der Waals surface area contributed by atoms with Gasteiger partial charge in [0.15, 0.2) is 0 Å². The third-order valence-electron chi connectivity index (χ3n) is 5.23. The first kappa shape index (κ1) is 13.6. The second-order valence-electron chi connectivity index (χ2n) is 6.55. The standard InChI is InChI=1S/C24H18/c1-2-8-19-17(7-1)13-14-18(19)15-16-24-22-11-5-3-9-20(22)21-10-4-6-12-23(21)24/h1-16,18,24H. The van der Waals surface area contributed by atoms with Crippen LogP contribution in [0.15, 0.2) is 91.0 Å². The van der Waals surface area contributed by atoms with E-state index >= 15 is 0 Å². The van der Waals surface area contributed by atoms with Crippen LogP contribution >= 0.6 is 0 Å². The summed E-state index contributed by atoms with van der Waals surface area (Å²) < 4.78 is 0. The van der Waals surface area contributed by atoms with Gasteiger partial charge >= 0.3 is 0 Å². The summed E-state index contributed by atoms with van der Waals surface area (Å²) in [4.78, 5) is 0. The molecule has 5 rings (SSSR count). The van der Waals surface area contributed by atoms with Crippen molar-refractivity contribution in [2.75, 3.05) is 0 Å². The number of hydrogen-bond acceptors (Lipinski definition) is 0. The maximum Gasteiger partial charge on any atom is 0.0282 e. The first-order valence-electron chi connectivity index (χ1n) is 8.55. The Morgan fingerprint density at radius 3 is 1.88 bits per heavy atom. The van der Waals surface area contributed by atoms with Gasteiger partial charge < -0.3 is 0 Å². The molecule has 0 bridgehead atoms. The number of hydrogen-bond donors (Lipinski definition) is 0. The van der Waals surface area contributed by atoms with E-state index in [1.54, 1.807) is 0 Å². The van der Waals surface area contributed by atoms with Gasteiger partial charge in [0.05, 0.1) is 0 Å². The van der Waals surface area contributed by atoms with Crippen LogP contribution in [0.2, 0.25) is 0 Å². The van der Waals surface area contributed by atoms with Gasteiger partial charge in [-0.3, -0.25) is 0 Å². The lowest BCUT2D eigenvalue weighted by atomic mass is 9.93. The lowest BCUT2D eigenvalue weighted by Crippen LogP contribution is -1.94. The first-order chi connectivity index (χ1) is 11.9. The van der Waals surface area contributed by atoms with Gasteiger partial charge in [0.1, 0.15) is 0 Å². The van der Waals surface area contributed by atoms with E-state index in [-0.39, 0.29) is 0 Å². The van der Waals surface area contributed by atoms with Gasteiger partial charge in [0.25, 0.3) is 0 Å². The number of fused-ring (bicyclic) bond motifs is 4. The Kier molecular flexibility index (Phi) is 3.02. The van der Waals surface area contributed by atoms with Crippen molar-refractivity contribution in [1.29, 1.82) is 0 Å². The molecule has 1 unspecified atom stereocenters. The van der Waals surface area contributed by atoms with Crippen LogP contribution in [0, 0.1) is 0 Å². The van der Waals surface area contributed by atoms with Crippen molar-refractivity contribution in [2.45, 2.75) is 11.8 Å². The molecule has 0 radical (unpaired) electrons. The van der Waals surface area contributed by atoms with E-state index in [1.807, 2.05) is 0 Å². The molecule has 0 heterocycles. The molecule has 24 heavy (non-hydrogen) atoms. The molecule has 0 aromatic heterocycles. The zero-order chi connectivity index (χ0) is 15.9. The normalized spacial score (nSPS) is 17.9. The molecule has 0 fully saturated rings. The predicted molar refractivity (Wildman–Crippen MR) is 101 cm³/mol. The summed E-state index contributed by atoms with van der Waals surface area (Å²) in [5.74, 6) is 0.750. The molecule has 0 heteroatoms. The molecule has 2 aliphatic rings. The van der Waals surface area contributed by atoms with Crippen LogP contribution in [0.4, 0.5) is 0 Å². The highest BCUT2D eigenvalue weighted by Crippen LogP contribution is 2.45. The largest absolute Gasteiger partial charge is 0.0763 e. The van der Waals surface area contributed by atoms with Crippen LogP contribution in [0.3, 0.4) is 0 Å². The van der Waals surface area contributed by atoms with Crippen molar-refractivity contribution in [3.8, 4) is 11.1 Å². The Balaban J connectivity index is 1.55. The molecule has 0 saturated heterocycles. The minimum Gasteiger partial charge on any atom is -0.0763 e. The summed E-state index contributed by atoms with van der Waals surface area (Å²) in [7, 11) is 0. The minimum absolute atomic E-state index is 0.360. The van der Waals surface area contributed by atoms with Crippen molar-refractivity contribution >= 4 is 6.08 Å². The molecule has 3 aromatic carbocycles. The molecular weight excluding hydrogens is 288 g/mol. The molecule has 0 N–H and O–H groups in total. The van der Waals surface area contributed by atoms with Gasteiger partial charge in [0.2, 0.25) is 0 Å². The van der Waals surface area contributed by atoms with Gasteiger partial charge in [-0.25, -0.2) is 0 Å². The smallest absolute Gasteiger partial charge is 0.0282 e. The summed E-state index contributed by atoms with van der Waals surface area (Å²) in [6, 6.07) is 26.3. The average Bonchev–Trinajstić information content (AvgIpc) is 3.19. The fourth-order valence-electron chi connectivity index (χ4n) is 4.08. The molecule has 2 aliphatic carbocycles. The van der Waals surface area contributed by atoms with E-state index in [9.17, 15) is 0 Å². The molecule has 0 nitrogen and oxygen atoms in total. The van der Waals surface area contributed by atoms with E-state index in [4.69, 9.17) is 0 Å². The third-order valence-corrected chi connectivity index (χ3v) is 5.23. The Morgan fingerprint density at radius 1 is 0.583 bits per heavy atom. The van der Waals surface area contributed by atoms with Crippen LogP contribution in [0.5, 0.6) is 0 Å². The second-order valence-corrected chi connectivity index (χ2v) is 6.55. The Morgan fingerprint density at radius 2 is 1.17 bits per heavy atom.